The summed E-state index contributed by atoms with van der Waals surface area (Å²) in [5, 5.41) is 2.56. The van der Waals surface area contributed by atoms with Crippen LogP contribution in [0, 0.1) is 11.6 Å². The average molecular weight is 322 g/mol. The Bertz CT molecular complexity index is 427. The monoisotopic (exact) mass is 321 g/mol. The summed E-state index contributed by atoms with van der Waals surface area (Å²) in [6.45, 7) is 2.18. The van der Waals surface area contributed by atoms with E-state index in [1.165, 1.54) is 6.07 Å². The number of esters is 1. The quantitative estimate of drug-likeness (QED) is 0.495. The normalized spacial score (nSPS) is 10.2. The lowest BCUT2D eigenvalue weighted by molar-refractivity contribution is -0.141. The highest BCUT2D eigenvalue weighted by molar-refractivity contribution is 9.10. The van der Waals surface area contributed by atoms with Gasteiger partial charge in [-0.3, -0.25) is 4.79 Å². The van der Waals surface area contributed by atoms with E-state index in [2.05, 4.69) is 21.2 Å². The summed E-state index contributed by atoms with van der Waals surface area (Å²) in [5.74, 6) is -1.91. The SMILES string of the molecule is CCCCOC(=O)CNc1cc(Br)c(F)cc1F. The topological polar surface area (TPSA) is 38.3 Å². The van der Waals surface area contributed by atoms with Gasteiger partial charge < -0.3 is 10.1 Å². The highest BCUT2D eigenvalue weighted by atomic mass is 79.9. The number of rotatable bonds is 6. The highest BCUT2D eigenvalue weighted by Gasteiger charge is 2.09. The van der Waals surface area contributed by atoms with E-state index in [0.717, 1.165) is 18.9 Å². The molecular formula is C12H14BrF2NO2. The van der Waals surface area contributed by atoms with E-state index >= 15 is 0 Å². The smallest absolute Gasteiger partial charge is 0.325 e. The molecular weight excluding hydrogens is 308 g/mol. The van der Waals surface area contributed by atoms with E-state index in [1.807, 2.05) is 6.92 Å². The van der Waals surface area contributed by atoms with Crippen molar-refractivity contribution in [3.05, 3.63) is 28.2 Å². The molecule has 0 fully saturated rings. The molecule has 18 heavy (non-hydrogen) atoms. The molecule has 0 heterocycles. The first kappa shape index (κ1) is 14.9. The van der Waals surface area contributed by atoms with Gasteiger partial charge in [0.25, 0.3) is 0 Å². The molecule has 3 nitrogen and oxygen atoms in total. The fourth-order valence-corrected chi connectivity index (χ4v) is 1.55. The van der Waals surface area contributed by atoms with E-state index < -0.39 is 17.6 Å². The molecule has 0 aliphatic carbocycles. The zero-order valence-corrected chi connectivity index (χ0v) is 11.5. The number of carbonyl (C=O) groups is 1. The Hall–Kier alpha value is -1.17. The van der Waals surface area contributed by atoms with Gasteiger partial charge in [0.05, 0.1) is 16.8 Å². The van der Waals surface area contributed by atoms with Crippen LogP contribution in [0.5, 0.6) is 0 Å². The molecule has 0 spiro atoms. The molecule has 0 unspecified atom stereocenters. The molecule has 1 rings (SSSR count). The number of nitrogens with one attached hydrogen (secondary N) is 1. The first-order chi connectivity index (χ1) is 8.54. The van der Waals surface area contributed by atoms with Gasteiger partial charge in [0.1, 0.15) is 18.2 Å². The van der Waals surface area contributed by atoms with Gasteiger partial charge >= 0.3 is 5.97 Å². The Labute approximate surface area is 113 Å². The lowest BCUT2D eigenvalue weighted by atomic mass is 10.3. The van der Waals surface area contributed by atoms with Crippen molar-refractivity contribution in [3.8, 4) is 0 Å². The molecule has 0 saturated carbocycles. The molecule has 0 bridgehead atoms. The Morgan fingerprint density at radius 1 is 1.39 bits per heavy atom. The molecule has 0 aliphatic rings. The zero-order chi connectivity index (χ0) is 13.5. The minimum absolute atomic E-state index is 0.0516. The summed E-state index contributed by atoms with van der Waals surface area (Å²) in [5.41, 5.74) is 0.0516. The second-order valence-corrected chi connectivity index (χ2v) is 4.53. The second kappa shape index (κ2) is 7.31. The number of benzene rings is 1. The fraction of sp³-hybridized carbons (Fsp3) is 0.417. The van der Waals surface area contributed by atoms with Crippen molar-refractivity contribution in [2.45, 2.75) is 19.8 Å². The van der Waals surface area contributed by atoms with Gasteiger partial charge in [-0.2, -0.15) is 0 Å². The van der Waals surface area contributed by atoms with E-state index in [4.69, 9.17) is 4.74 Å². The van der Waals surface area contributed by atoms with Crippen molar-refractivity contribution in [2.75, 3.05) is 18.5 Å². The number of hydrogen-bond acceptors (Lipinski definition) is 3. The van der Waals surface area contributed by atoms with Crippen molar-refractivity contribution in [1.29, 1.82) is 0 Å². The molecule has 1 N–H and O–H groups in total. The van der Waals surface area contributed by atoms with Crippen molar-refractivity contribution in [2.24, 2.45) is 0 Å². The van der Waals surface area contributed by atoms with Gasteiger partial charge in [-0.25, -0.2) is 8.78 Å². The first-order valence-corrected chi connectivity index (χ1v) is 6.38. The standard InChI is InChI=1S/C12H14BrF2NO2/c1-2-3-4-18-12(17)7-16-11-5-8(13)9(14)6-10(11)15/h5-6,16H,2-4,7H2,1H3. The van der Waals surface area contributed by atoms with E-state index in [0.29, 0.717) is 6.61 Å². The minimum Gasteiger partial charge on any atom is -0.464 e. The van der Waals surface area contributed by atoms with Crippen molar-refractivity contribution < 1.29 is 18.3 Å². The predicted octanol–water partition coefficient (Wildman–Crippen LogP) is 3.48. The summed E-state index contributed by atoms with van der Waals surface area (Å²) in [7, 11) is 0. The molecule has 0 atom stereocenters. The lowest BCUT2D eigenvalue weighted by Gasteiger charge is -2.08. The van der Waals surface area contributed by atoms with Gasteiger partial charge in [-0.1, -0.05) is 13.3 Å². The van der Waals surface area contributed by atoms with Gasteiger partial charge in [-0.15, -0.1) is 0 Å². The molecule has 0 radical (unpaired) electrons. The van der Waals surface area contributed by atoms with Crippen LogP contribution in [-0.4, -0.2) is 19.1 Å². The summed E-state index contributed by atoms with van der Waals surface area (Å²) >= 11 is 2.94. The maximum Gasteiger partial charge on any atom is 0.325 e. The molecule has 1 aromatic rings. The molecule has 0 amide bonds. The minimum atomic E-state index is -0.753. The van der Waals surface area contributed by atoms with Crippen LogP contribution in [0.1, 0.15) is 19.8 Å². The van der Waals surface area contributed by atoms with Crippen LogP contribution in [0.3, 0.4) is 0 Å². The molecule has 0 aromatic heterocycles. The molecule has 6 heteroatoms. The number of carbonyl (C=O) groups excluding carboxylic acids is 1. The number of ether oxygens (including phenoxy) is 1. The van der Waals surface area contributed by atoms with Crippen LogP contribution in [0.2, 0.25) is 0 Å². The van der Waals surface area contributed by atoms with Crippen LogP contribution < -0.4 is 5.32 Å². The van der Waals surface area contributed by atoms with Gasteiger partial charge in [0.2, 0.25) is 0 Å². The van der Waals surface area contributed by atoms with E-state index in [-0.39, 0.29) is 16.7 Å². The van der Waals surface area contributed by atoms with Crippen LogP contribution in [0.15, 0.2) is 16.6 Å². The molecule has 0 aliphatic heterocycles. The van der Waals surface area contributed by atoms with Crippen LogP contribution >= 0.6 is 15.9 Å². The van der Waals surface area contributed by atoms with Gasteiger partial charge in [0.15, 0.2) is 0 Å². The Morgan fingerprint density at radius 3 is 2.78 bits per heavy atom. The lowest BCUT2D eigenvalue weighted by Crippen LogP contribution is -2.18. The highest BCUT2D eigenvalue weighted by Crippen LogP contribution is 2.23. The van der Waals surface area contributed by atoms with Crippen molar-refractivity contribution in [3.63, 3.8) is 0 Å². The first-order valence-electron chi connectivity index (χ1n) is 5.58. The van der Waals surface area contributed by atoms with Crippen LogP contribution in [0.4, 0.5) is 14.5 Å². The summed E-state index contributed by atoms with van der Waals surface area (Å²) < 4.78 is 31.3. The summed E-state index contributed by atoms with van der Waals surface area (Å²) in [6, 6.07) is 1.98. The van der Waals surface area contributed by atoms with Crippen molar-refractivity contribution >= 4 is 27.6 Å². The predicted molar refractivity (Wildman–Crippen MR) is 68.4 cm³/mol. The Morgan fingerprint density at radius 2 is 2.11 bits per heavy atom. The fourth-order valence-electron chi connectivity index (χ4n) is 1.21. The maximum absolute atomic E-state index is 13.3. The second-order valence-electron chi connectivity index (χ2n) is 3.67. The summed E-state index contributed by atoms with van der Waals surface area (Å²) in [6.07, 6.45) is 1.72. The zero-order valence-electron chi connectivity index (χ0n) is 9.93. The van der Waals surface area contributed by atoms with Gasteiger partial charge in [-0.05, 0) is 28.4 Å². The van der Waals surface area contributed by atoms with E-state index in [1.54, 1.807) is 0 Å². The molecule has 100 valence electrons. The summed E-state index contributed by atoms with van der Waals surface area (Å²) in [4.78, 5) is 11.3. The third-order valence-corrected chi connectivity index (χ3v) is 2.80. The van der Waals surface area contributed by atoms with E-state index in [9.17, 15) is 13.6 Å². The van der Waals surface area contributed by atoms with Crippen LogP contribution in [-0.2, 0) is 9.53 Å². The Balaban J connectivity index is 2.48. The third-order valence-electron chi connectivity index (χ3n) is 2.19. The van der Waals surface area contributed by atoms with Crippen LogP contribution in [0.25, 0.3) is 0 Å². The Kier molecular flexibility index (Phi) is 6.04. The molecule has 1 aromatic carbocycles. The average Bonchev–Trinajstić information content (AvgIpc) is 2.32. The largest absolute Gasteiger partial charge is 0.464 e. The number of unbranched alkanes of at least 4 members (excludes halogenated alkanes) is 1. The van der Waals surface area contributed by atoms with Gasteiger partial charge in [0, 0.05) is 6.07 Å². The number of hydrogen-bond donors (Lipinski definition) is 1. The van der Waals surface area contributed by atoms with Crippen molar-refractivity contribution in [1.82, 2.24) is 0 Å². The molecule has 0 saturated heterocycles. The number of anilines is 1. The number of halogens is 3. The maximum atomic E-state index is 13.3. The third kappa shape index (κ3) is 4.60.